The zero-order valence-corrected chi connectivity index (χ0v) is 12.0. The number of furan rings is 1. The third kappa shape index (κ3) is 3.77. The van der Waals surface area contributed by atoms with Crippen LogP contribution in [0.15, 0.2) is 45.5 Å². The highest BCUT2D eigenvalue weighted by Crippen LogP contribution is 2.29. The molecular weight excluding hydrogens is 339 g/mol. The molecule has 1 aromatic carbocycles. The lowest BCUT2D eigenvalue weighted by molar-refractivity contribution is -0.274. The van der Waals surface area contributed by atoms with Crippen LogP contribution in [0.1, 0.15) is 17.4 Å². The molecule has 20 heavy (non-hydrogen) atoms. The van der Waals surface area contributed by atoms with E-state index in [1.165, 1.54) is 18.2 Å². The van der Waals surface area contributed by atoms with Crippen molar-refractivity contribution in [2.24, 2.45) is 0 Å². The summed E-state index contributed by atoms with van der Waals surface area (Å²) in [5.41, 5.74) is 0.608. The molecule has 0 aliphatic rings. The van der Waals surface area contributed by atoms with Gasteiger partial charge in [0.25, 0.3) is 0 Å². The van der Waals surface area contributed by atoms with Gasteiger partial charge in [-0.3, -0.25) is 0 Å². The normalized spacial score (nSPS) is 13.2. The molecule has 1 atom stereocenters. The van der Waals surface area contributed by atoms with Gasteiger partial charge in [0.2, 0.25) is 0 Å². The van der Waals surface area contributed by atoms with E-state index in [1.54, 1.807) is 25.2 Å². The van der Waals surface area contributed by atoms with Crippen LogP contribution in [0.25, 0.3) is 0 Å². The van der Waals surface area contributed by atoms with Gasteiger partial charge in [0, 0.05) is 0 Å². The predicted octanol–water partition coefficient (Wildman–Crippen LogP) is 4.25. The first-order chi connectivity index (χ1) is 9.39. The molecule has 3 nitrogen and oxygen atoms in total. The van der Waals surface area contributed by atoms with E-state index in [0.29, 0.717) is 16.0 Å². The molecular formula is C13H11BrF3NO2. The molecule has 0 spiro atoms. The van der Waals surface area contributed by atoms with Crippen molar-refractivity contribution in [2.45, 2.75) is 12.4 Å². The first-order valence-electron chi connectivity index (χ1n) is 5.67. The van der Waals surface area contributed by atoms with E-state index in [4.69, 9.17) is 4.42 Å². The highest BCUT2D eigenvalue weighted by Gasteiger charge is 2.31. The number of hydrogen-bond donors (Lipinski definition) is 1. The van der Waals surface area contributed by atoms with Crippen LogP contribution in [0.4, 0.5) is 13.2 Å². The van der Waals surface area contributed by atoms with E-state index in [9.17, 15) is 13.2 Å². The second-order valence-corrected chi connectivity index (χ2v) is 4.77. The summed E-state index contributed by atoms with van der Waals surface area (Å²) in [6, 6.07) is 8.86. The molecule has 1 aromatic heterocycles. The fourth-order valence-corrected chi connectivity index (χ4v) is 2.17. The van der Waals surface area contributed by atoms with Crippen molar-refractivity contribution in [3.8, 4) is 5.75 Å². The quantitative estimate of drug-likeness (QED) is 0.895. The number of nitrogens with one attached hydrogen (secondary N) is 1. The molecule has 0 radical (unpaired) electrons. The van der Waals surface area contributed by atoms with Crippen LogP contribution < -0.4 is 10.1 Å². The van der Waals surface area contributed by atoms with E-state index in [1.807, 2.05) is 0 Å². The molecule has 0 bridgehead atoms. The number of benzene rings is 1. The number of halogens is 4. The van der Waals surface area contributed by atoms with Crippen LogP contribution >= 0.6 is 15.9 Å². The molecule has 0 amide bonds. The fraction of sp³-hybridized carbons (Fsp3) is 0.231. The van der Waals surface area contributed by atoms with Crippen LogP contribution in [0, 0.1) is 0 Å². The largest absolute Gasteiger partial charge is 0.573 e. The van der Waals surface area contributed by atoms with Crippen molar-refractivity contribution in [3.05, 3.63) is 52.4 Å². The van der Waals surface area contributed by atoms with Crippen LogP contribution in [-0.2, 0) is 0 Å². The average Bonchev–Trinajstić information content (AvgIpc) is 2.75. The topological polar surface area (TPSA) is 34.4 Å². The highest BCUT2D eigenvalue weighted by atomic mass is 79.9. The van der Waals surface area contributed by atoms with Crippen molar-refractivity contribution >= 4 is 15.9 Å². The molecule has 7 heteroatoms. The van der Waals surface area contributed by atoms with Crippen LogP contribution in [0.2, 0.25) is 0 Å². The molecule has 0 saturated carbocycles. The summed E-state index contributed by atoms with van der Waals surface area (Å²) in [6.07, 6.45) is -4.71. The Hall–Kier alpha value is -1.47. The Balaban J connectivity index is 2.29. The van der Waals surface area contributed by atoms with Crippen molar-refractivity contribution in [1.29, 1.82) is 0 Å². The molecule has 108 valence electrons. The summed E-state index contributed by atoms with van der Waals surface area (Å²) in [6.45, 7) is 0. The Morgan fingerprint density at radius 1 is 1.25 bits per heavy atom. The molecule has 0 aliphatic carbocycles. The van der Waals surface area contributed by atoms with Crippen molar-refractivity contribution < 1.29 is 22.3 Å². The smallest absolute Gasteiger partial charge is 0.452 e. The standard InChI is InChI=1S/C13H11BrF3NO2/c1-18-12(10-5-6-11(14)19-10)8-3-2-4-9(7-8)20-13(15,16)17/h2-7,12,18H,1H3. The molecule has 0 aliphatic heterocycles. The van der Waals surface area contributed by atoms with Gasteiger partial charge < -0.3 is 14.5 Å². The maximum atomic E-state index is 12.2. The van der Waals surface area contributed by atoms with Crippen molar-refractivity contribution in [1.82, 2.24) is 5.32 Å². The SMILES string of the molecule is CNC(c1cccc(OC(F)(F)F)c1)c1ccc(Br)o1. The third-order valence-electron chi connectivity index (χ3n) is 2.59. The minimum atomic E-state index is -4.71. The first kappa shape index (κ1) is 14.9. The van der Waals surface area contributed by atoms with Crippen LogP contribution in [-0.4, -0.2) is 13.4 Å². The van der Waals surface area contributed by atoms with Gasteiger partial charge in [-0.15, -0.1) is 13.2 Å². The first-order valence-corrected chi connectivity index (χ1v) is 6.46. The summed E-state index contributed by atoms with van der Waals surface area (Å²) >= 11 is 3.19. The van der Waals surface area contributed by atoms with E-state index in [-0.39, 0.29) is 11.8 Å². The third-order valence-corrected chi connectivity index (χ3v) is 3.02. The number of rotatable bonds is 4. The van der Waals surface area contributed by atoms with E-state index < -0.39 is 6.36 Å². The van der Waals surface area contributed by atoms with Gasteiger partial charge in [-0.05, 0) is 52.8 Å². The molecule has 0 fully saturated rings. The van der Waals surface area contributed by atoms with Gasteiger partial charge in [-0.2, -0.15) is 0 Å². The molecule has 2 rings (SSSR count). The minimum Gasteiger partial charge on any atom is -0.452 e. The Bertz CT molecular complexity index is 583. The second-order valence-electron chi connectivity index (χ2n) is 3.98. The predicted molar refractivity (Wildman–Crippen MR) is 70.4 cm³/mol. The van der Waals surface area contributed by atoms with Crippen LogP contribution in [0.5, 0.6) is 5.75 Å². The molecule has 1 unspecified atom stereocenters. The van der Waals surface area contributed by atoms with Gasteiger partial charge in [0.05, 0.1) is 6.04 Å². The Kier molecular flexibility index (Phi) is 4.39. The number of hydrogen-bond acceptors (Lipinski definition) is 3. The van der Waals surface area contributed by atoms with Gasteiger partial charge in [-0.25, -0.2) is 0 Å². The van der Waals surface area contributed by atoms with Crippen LogP contribution in [0.3, 0.4) is 0 Å². The van der Waals surface area contributed by atoms with Crippen molar-refractivity contribution in [2.75, 3.05) is 7.05 Å². The lowest BCUT2D eigenvalue weighted by Gasteiger charge is -2.16. The van der Waals surface area contributed by atoms with E-state index >= 15 is 0 Å². The van der Waals surface area contributed by atoms with Gasteiger partial charge in [-0.1, -0.05) is 12.1 Å². The molecule has 1 heterocycles. The zero-order chi connectivity index (χ0) is 14.8. The highest BCUT2D eigenvalue weighted by molar-refractivity contribution is 9.10. The zero-order valence-electron chi connectivity index (χ0n) is 10.4. The minimum absolute atomic E-state index is 0.263. The molecule has 1 N–H and O–H groups in total. The lowest BCUT2D eigenvalue weighted by atomic mass is 10.0. The van der Waals surface area contributed by atoms with Gasteiger partial charge in [0.1, 0.15) is 11.5 Å². The summed E-state index contributed by atoms with van der Waals surface area (Å²) in [5, 5.41) is 2.99. The maximum absolute atomic E-state index is 12.2. The summed E-state index contributed by atoms with van der Waals surface area (Å²) in [5.74, 6) is 0.324. The summed E-state index contributed by atoms with van der Waals surface area (Å²) < 4.78 is 46.5. The van der Waals surface area contributed by atoms with E-state index in [0.717, 1.165) is 0 Å². The Morgan fingerprint density at radius 2 is 2.00 bits per heavy atom. The maximum Gasteiger partial charge on any atom is 0.573 e. The number of alkyl halides is 3. The monoisotopic (exact) mass is 349 g/mol. The Morgan fingerprint density at radius 3 is 2.55 bits per heavy atom. The van der Waals surface area contributed by atoms with Gasteiger partial charge >= 0.3 is 6.36 Å². The second kappa shape index (κ2) is 5.88. The fourth-order valence-electron chi connectivity index (χ4n) is 1.85. The lowest BCUT2D eigenvalue weighted by Crippen LogP contribution is -2.19. The number of ether oxygens (including phenoxy) is 1. The average molecular weight is 350 g/mol. The molecule has 2 aromatic rings. The summed E-state index contributed by atoms with van der Waals surface area (Å²) in [4.78, 5) is 0. The Labute approximate surface area is 121 Å². The van der Waals surface area contributed by atoms with E-state index in [2.05, 4.69) is 26.0 Å². The van der Waals surface area contributed by atoms with Gasteiger partial charge in [0.15, 0.2) is 4.67 Å². The van der Waals surface area contributed by atoms with Crippen molar-refractivity contribution in [3.63, 3.8) is 0 Å². The summed E-state index contributed by atoms with van der Waals surface area (Å²) in [7, 11) is 1.69. The molecule has 0 saturated heterocycles.